The number of aromatic nitrogens is 2. The van der Waals surface area contributed by atoms with Crippen molar-refractivity contribution < 1.29 is 23.5 Å². The van der Waals surface area contributed by atoms with Gasteiger partial charge in [0, 0.05) is 17.4 Å². The molecule has 2 N–H and O–H groups in total. The van der Waals surface area contributed by atoms with Crippen LogP contribution < -0.4 is 10.6 Å². The average Bonchev–Trinajstić information content (AvgIpc) is 3.22. The summed E-state index contributed by atoms with van der Waals surface area (Å²) in [5, 5.41) is 5.39. The van der Waals surface area contributed by atoms with E-state index in [1.54, 1.807) is 69.3 Å². The van der Waals surface area contributed by atoms with Crippen LogP contribution in [-0.2, 0) is 9.53 Å². The van der Waals surface area contributed by atoms with E-state index in [0.717, 1.165) is 17.2 Å². The molecular weight excluding hydrogens is 511 g/mol. The van der Waals surface area contributed by atoms with E-state index >= 15 is 0 Å². The SMILES string of the molecule is Cc1cn(-c2cccc(C(=O)CC(=O)Nc3cc(-c4ccc(F)cc4)ccc3NC(=O)OC(C)(C)C)c2)c(C)n1. The monoisotopic (exact) mass is 542 g/mol. The summed E-state index contributed by atoms with van der Waals surface area (Å²) in [6, 6.07) is 17.9. The zero-order valence-corrected chi connectivity index (χ0v) is 23.0. The third kappa shape index (κ3) is 7.19. The highest BCUT2D eigenvalue weighted by molar-refractivity contribution is 6.12. The van der Waals surface area contributed by atoms with Crippen molar-refractivity contribution in [3.63, 3.8) is 0 Å². The number of hydrogen-bond acceptors (Lipinski definition) is 5. The fourth-order valence-corrected chi connectivity index (χ4v) is 4.14. The summed E-state index contributed by atoms with van der Waals surface area (Å²) in [5.74, 6) is -0.522. The van der Waals surface area contributed by atoms with Gasteiger partial charge in [0.05, 0.1) is 23.5 Å². The van der Waals surface area contributed by atoms with Gasteiger partial charge >= 0.3 is 6.09 Å². The molecular formula is C31H31FN4O4. The number of nitrogens with zero attached hydrogens (tertiary/aromatic N) is 2. The number of carbonyl (C=O) groups excluding carboxylic acids is 3. The van der Waals surface area contributed by atoms with Crippen molar-refractivity contribution in [2.24, 2.45) is 0 Å². The van der Waals surface area contributed by atoms with Crippen LogP contribution in [-0.4, -0.2) is 32.9 Å². The largest absolute Gasteiger partial charge is 0.444 e. The van der Waals surface area contributed by atoms with E-state index in [1.807, 2.05) is 30.7 Å². The molecule has 1 heterocycles. The Morgan fingerprint density at radius 2 is 1.60 bits per heavy atom. The second-order valence-corrected chi connectivity index (χ2v) is 10.4. The molecule has 3 aromatic carbocycles. The number of amides is 2. The molecule has 0 unspecified atom stereocenters. The molecule has 206 valence electrons. The average molecular weight is 543 g/mol. The third-order valence-corrected chi connectivity index (χ3v) is 5.88. The first-order valence-corrected chi connectivity index (χ1v) is 12.7. The molecule has 2 amide bonds. The van der Waals surface area contributed by atoms with E-state index in [0.29, 0.717) is 16.7 Å². The molecule has 4 aromatic rings. The number of halogens is 1. The highest BCUT2D eigenvalue weighted by atomic mass is 19.1. The summed E-state index contributed by atoms with van der Waals surface area (Å²) in [5.41, 5.74) is 3.21. The van der Waals surface area contributed by atoms with Crippen molar-refractivity contribution in [3.8, 4) is 16.8 Å². The maximum Gasteiger partial charge on any atom is 0.412 e. The van der Waals surface area contributed by atoms with Crippen LogP contribution in [0.5, 0.6) is 0 Å². The van der Waals surface area contributed by atoms with E-state index in [9.17, 15) is 18.8 Å². The molecule has 0 spiro atoms. The van der Waals surface area contributed by atoms with Gasteiger partial charge in [0.2, 0.25) is 5.91 Å². The molecule has 40 heavy (non-hydrogen) atoms. The lowest BCUT2D eigenvalue weighted by Gasteiger charge is -2.21. The summed E-state index contributed by atoms with van der Waals surface area (Å²) in [6.07, 6.45) is 0.757. The molecule has 0 radical (unpaired) electrons. The van der Waals surface area contributed by atoms with Gasteiger partial charge in [-0.2, -0.15) is 0 Å². The molecule has 0 aliphatic carbocycles. The van der Waals surface area contributed by atoms with Crippen molar-refractivity contribution in [2.75, 3.05) is 10.6 Å². The number of hydrogen-bond donors (Lipinski definition) is 2. The molecule has 0 bridgehead atoms. The van der Waals surface area contributed by atoms with Crippen LogP contribution >= 0.6 is 0 Å². The lowest BCUT2D eigenvalue weighted by Crippen LogP contribution is -2.27. The number of benzene rings is 3. The summed E-state index contributed by atoms with van der Waals surface area (Å²) in [6.45, 7) is 8.98. The summed E-state index contributed by atoms with van der Waals surface area (Å²) < 4.78 is 20.7. The van der Waals surface area contributed by atoms with Crippen molar-refractivity contribution >= 4 is 29.2 Å². The zero-order chi connectivity index (χ0) is 29.0. The minimum absolute atomic E-state index is 0.267. The van der Waals surface area contributed by atoms with Gasteiger partial charge in [0.1, 0.15) is 17.2 Å². The first kappa shape index (κ1) is 28.2. The van der Waals surface area contributed by atoms with Crippen LogP contribution in [0, 0.1) is 19.7 Å². The van der Waals surface area contributed by atoms with Crippen molar-refractivity contribution in [3.05, 3.63) is 95.8 Å². The Labute approximate surface area is 232 Å². The smallest absolute Gasteiger partial charge is 0.412 e. The van der Waals surface area contributed by atoms with Crippen LogP contribution in [0.25, 0.3) is 16.8 Å². The highest BCUT2D eigenvalue weighted by Crippen LogP contribution is 2.30. The molecule has 8 nitrogen and oxygen atoms in total. The molecule has 4 rings (SSSR count). The second kappa shape index (κ2) is 11.5. The van der Waals surface area contributed by atoms with Crippen LogP contribution in [0.4, 0.5) is 20.6 Å². The van der Waals surface area contributed by atoms with E-state index in [-0.39, 0.29) is 23.0 Å². The summed E-state index contributed by atoms with van der Waals surface area (Å²) >= 11 is 0. The second-order valence-electron chi connectivity index (χ2n) is 10.4. The Morgan fingerprint density at radius 3 is 2.25 bits per heavy atom. The number of Topliss-reactive ketones (excluding diaryl/α,β-unsaturated/α-hetero) is 1. The molecule has 1 aromatic heterocycles. The predicted octanol–water partition coefficient (Wildman–Crippen LogP) is 6.85. The number of aryl methyl sites for hydroxylation is 2. The highest BCUT2D eigenvalue weighted by Gasteiger charge is 2.19. The van der Waals surface area contributed by atoms with Gasteiger partial charge in [0.15, 0.2) is 5.78 Å². The number of imidazole rings is 1. The van der Waals surface area contributed by atoms with Gasteiger partial charge in [-0.25, -0.2) is 14.2 Å². The van der Waals surface area contributed by atoms with Gasteiger partial charge in [-0.3, -0.25) is 14.9 Å². The Bertz CT molecular complexity index is 1570. The number of nitrogens with one attached hydrogen (secondary N) is 2. The van der Waals surface area contributed by atoms with Crippen LogP contribution in [0.15, 0.2) is 72.9 Å². The predicted molar refractivity (Wildman–Crippen MR) is 152 cm³/mol. The van der Waals surface area contributed by atoms with Gasteiger partial charge in [0.25, 0.3) is 0 Å². The first-order chi connectivity index (χ1) is 18.9. The normalized spacial score (nSPS) is 11.2. The summed E-state index contributed by atoms with van der Waals surface area (Å²) in [7, 11) is 0. The molecule has 0 saturated carbocycles. The fourth-order valence-electron chi connectivity index (χ4n) is 4.14. The van der Waals surface area contributed by atoms with Crippen LogP contribution in [0.3, 0.4) is 0 Å². The lowest BCUT2D eigenvalue weighted by atomic mass is 10.0. The molecule has 9 heteroatoms. The molecule has 0 atom stereocenters. The number of carbonyl (C=O) groups is 3. The van der Waals surface area contributed by atoms with E-state index < -0.39 is 24.0 Å². The minimum Gasteiger partial charge on any atom is -0.444 e. The van der Waals surface area contributed by atoms with Crippen molar-refractivity contribution in [1.29, 1.82) is 0 Å². The maximum atomic E-state index is 13.4. The van der Waals surface area contributed by atoms with Gasteiger partial charge in [-0.15, -0.1) is 0 Å². The maximum absolute atomic E-state index is 13.4. The number of ether oxygens (including phenoxy) is 1. The number of ketones is 1. The Morgan fingerprint density at radius 1 is 0.900 bits per heavy atom. The molecule has 0 aliphatic rings. The van der Waals surface area contributed by atoms with Gasteiger partial charge in [-0.1, -0.05) is 30.3 Å². The van der Waals surface area contributed by atoms with E-state index in [1.165, 1.54) is 12.1 Å². The van der Waals surface area contributed by atoms with Crippen LogP contribution in [0.1, 0.15) is 49.1 Å². The van der Waals surface area contributed by atoms with E-state index in [2.05, 4.69) is 15.6 Å². The summed E-state index contributed by atoms with van der Waals surface area (Å²) in [4.78, 5) is 42.9. The standard InChI is InChI=1S/C31H31FN4O4/c1-19-18-36(20(2)33-19)25-8-6-7-23(15-25)28(37)17-29(38)34-27-16-22(21-9-12-24(32)13-10-21)11-14-26(27)35-30(39)40-31(3,4)5/h6-16,18H,17H2,1-5H3,(H,34,38)(H,35,39). The fraction of sp³-hybridized carbons (Fsp3) is 0.226. The first-order valence-electron chi connectivity index (χ1n) is 12.7. The van der Waals surface area contributed by atoms with Crippen molar-refractivity contribution in [1.82, 2.24) is 9.55 Å². The minimum atomic E-state index is -0.726. The molecule has 0 saturated heterocycles. The van der Waals surface area contributed by atoms with Crippen LogP contribution in [0.2, 0.25) is 0 Å². The van der Waals surface area contributed by atoms with Crippen molar-refractivity contribution in [2.45, 2.75) is 46.6 Å². The topological polar surface area (TPSA) is 102 Å². The Hall–Kier alpha value is -4.79. The molecule has 0 aliphatic heterocycles. The molecule has 0 fully saturated rings. The number of anilines is 2. The quantitative estimate of drug-likeness (QED) is 0.196. The lowest BCUT2D eigenvalue weighted by molar-refractivity contribution is -0.115. The Balaban J connectivity index is 1.56. The number of rotatable bonds is 7. The Kier molecular flexibility index (Phi) is 8.13. The zero-order valence-electron chi connectivity index (χ0n) is 23.0. The van der Waals surface area contributed by atoms with Gasteiger partial charge < -0.3 is 14.6 Å². The third-order valence-electron chi connectivity index (χ3n) is 5.88. The van der Waals surface area contributed by atoms with Gasteiger partial charge in [-0.05, 0) is 82.1 Å². The van der Waals surface area contributed by atoms with E-state index in [4.69, 9.17) is 4.74 Å².